The summed E-state index contributed by atoms with van der Waals surface area (Å²) in [5.41, 5.74) is 0.295. The zero-order chi connectivity index (χ0) is 16.2. The maximum atomic E-state index is 12.4. The first-order valence-corrected chi connectivity index (χ1v) is 6.37. The second-order valence-corrected chi connectivity index (χ2v) is 4.77. The lowest BCUT2D eigenvalue weighted by molar-refractivity contribution is -0.174. The Hall–Kier alpha value is -2.05. The molecule has 1 rings (SSSR count). The minimum atomic E-state index is -4.98. The first-order chi connectivity index (χ1) is 9.66. The summed E-state index contributed by atoms with van der Waals surface area (Å²) in [6, 6.07) is 4.65. The van der Waals surface area contributed by atoms with Gasteiger partial charge >= 0.3 is 18.1 Å². The molecular formula is C14H16F3NO3. The average molecular weight is 303 g/mol. The van der Waals surface area contributed by atoms with Gasteiger partial charge in [-0.25, -0.2) is 4.79 Å². The van der Waals surface area contributed by atoms with Gasteiger partial charge in [0.15, 0.2) is 0 Å². The number of carboxylic acids is 1. The van der Waals surface area contributed by atoms with Crippen LogP contribution in [0.4, 0.5) is 13.2 Å². The van der Waals surface area contributed by atoms with Gasteiger partial charge in [-0.2, -0.15) is 13.2 Å². The first-order valence-electron chi connectivity index (χ1n) is 6.37. The Balaban J connectivity index is 3.11. The minimum absolute atomic E-state index is 0.0398. The van der Waals surface area contributed by atoms with E-state index in [2.05, 4.69) is 0 Å². The van der Waals surface area contributed by atoms with Crippen molar-refractivity contribution in [1.29, 1.82) is 0 Å². The number of carbonyl (C=O) groups is 2. The number of aromatic carboxylic acids is 1. The van der Waals surface area contributed by atoms with Gasteiger partial charge in [0.05, 0.1) is 11.6 Å². The Labute approximate surface area is 120 Å². The molecule has 0 aromatic heterocycles. The Morgan fingerprint density at radius 2 is 1.95 bits per heavy atom. The summed E-state index contributed by atoms with van der Waals surface area (Å²) in [5, 5.41) is 10.9. The third-order valence-corrected chi connectivity index (χ3v) is 3.25. The highest BCUT2D eigenvalue weighted by Crippen LogP contribution is 2.27. The molecule has 2 atom stereocenters. The van der Waals surface area contributed by atoms with E-state index in [1.165, 1.54) is 24.3 Å². The molecule has 0 saturated heterocycles. The van der Waals surface area contributed by atoms with Crippen molar-refractivity contribution in [3.63, 3.8) is 0 Å². The molecule has 21 heavy (non-hydrogen) atoms. The Morgan fingerprint density at radius 1 is 1.33 bits per heavy atom. The molecule has 4 nitrogen and oxygen atoms in total. The van der Waals surface area contributed by atoms with Crippen LogP contribution in [0.2, 0.25) is 0 Å². The molecule has 1 amide bonds. The maximum absolute atomic E-state index is 12.4. The number of rotatable bonds is 5. The van der Waals surface area contributed by atoms with Crippen molar-refractivity contribution >= 4 is 11.9 Å². The Morgan fingerprint density at radius 3 is 2.43 bits per heavy atom. The largest absolute Gasteiger partial charge is 0.478 e. The lowest BCUT2D eigenvalue weighted by Crippen LogP contribution is -2.41. The standard InChI is InChI=1S/C14H16F3NO3/c1-3-8(2)11(18-13(21)14(15,16)17)9-5-4-6-10(7-9)12(19)20/h4-8,11H,3H2,1-2H3,(H,18,21)(H,19,20). The fourth-order valence-electron chi connectivity index (χ4n) is 1.88. The van der Waals surface area contributed by atoms with E-state index in [0.29, 0.717) is 12.0 Å². The minimum Gasteiger partial charge on any atom is -0.478 e. The number of benzene rings is 1. The molecule has 0 fully saturated rings. The Bertz CT molecular complexity index is 528. The van der Waals surface area contributed by atoms with Gasteiger partial charge in [0.1, 0.15) is 0 Å². The highest BCUT2D eigenvalue weighted by molar-refractivity contribution is 5.88. The van der Waals surface area contributed by atoms with E-state index in [9.17, 15) is 22.8 Å². The molecule has 0 aliphatic rings. The summed E-state index contributed by atoms with van der Waals surface area (Å²) in [6.45, 7) is 3.47. The molecule has 0 heterocycles. The molecule has 2 unspecified atom stereocenters. The van der Waals surface area contributed by atoms with Crippen molar-refractivity contribution in [2.75, 3.05) is 0 Å². The number of hydrogen-bond acceptors (Lipinski definition) is 2. The number of carbonyl (C=O) groups excluding carboxylic acids is 1. The van der Waals surface area contributed by atoms with Crippen LogP contribution < -0.4 is 5.32 Å². The molecule has 116 valence electrons. The second-order valence-electron chi connectivity index (χ2n) is 4.77. The zero-order valence-corrected chi connectivity index (χ0v) is 11.6. The summed E-state index contributed by atoms with van der Waals surface area (Å²) in [4.78, 5) is 22.1. The normalized spacial score (nSPS) is 14.3. The van der Waals surface area contributed by atoms with E-state index in [4.69, 9.17) is 5.11 Å². The molecule has 1 aromatic rings. The van der Waals surface area contributed by atoms with Crippen molar-refractivity contribution in [2.24, 2.45) is 5.92 Å². The number of amides is 1. The predicted molar refractivity (Wildman–Crippen MR) is 69.8 cm³/mol. The number of alkyl halides is 3. The van der Waals surface area contributed by atoms with E-state index >= 15 is 0 Å². The van der Waals surface area contributed by atoms with Crippen LogP contribution in [0, 0.1) is 5.92 Å². The highest BCUT2D eigenvalue weighted by atomic mass is 19.4. The van der Waals surface area contributed by atoms with E-state index < -0.39 is 24.1 Å². The van der Waals surface area contributed by atoms with Gasteiger partial charge in [0.2, 0.25) is 0 Å². The van der Waals surface area contributed by atoms with Crippen LogP contribution in [0.1, 0.15) is 42.2 Å². The van der Waals surface area contributed by atoms with Gasteiger partial charge in [-0.15, -0.1) is 0 Å². The topological polar surface area (TPSA) is 66.4 Å². The number of carboxylic acid groups (broad SMARTS) is 1. The fraction of sp³-hybridized carbons (Fsp3) is 0.429. The van der Waals surface area contributed by atoms with E-state index in [0.717, 1.165) is 0 Å². The fourth-order valence-corrected chi connectivity index (χ4v) is 1.88. The van der Waals surface area contributed by atoms with E-state index in [-0.39, 0.29) is 11.5 Å². The molecule has 2 N–H and O–H groups in total. The first kappa shape index (κ1) is 17.0. The van der Waals surface area contributed by atoms with Crippen LogP contribution in [0.15, 0.2) is 24.3 Å². The van der Waals surface area contributed by atoms with Crippen LogP contribution in [0.3, 0.4) is 0 Å². The summed E-state index contributed by atoms with van der Waals surface area (Å²) in [5.74, 6) is -3.49. The summed E-state index contributed by atoms with van der Waals surface area (Å²) >= 11 is 0. The smallest absolute Gasteiger partial charge is 0.471 e. The molecule has 0 spiro atoms. The summed E-state index contributed by atoms with van der Waals surface area (Å²) < 4.78 is 37.2. The third kappa shape index (κ3) is 4.47. The number of hydrogen-bond donors (Lipinski definition) is 2. The van der Waals surface area contributed by atoms with Gasteiger partial charge in [0, 0.05) is 0 Å². The van der Waals surface area contributed by atoms with Gasteiger partial charge in [-0.1, -0.05) is 32.4 Å². The summed E-state index contributed by atoms with van der Waals surface area (Å²) in [6.07, 6.45) is -4.45. The number of halogens is 3. The van der Waals surface area contributed by atoms with Crippen LogP contribution in [-0.2, 0) is 4.79 Å². The molecular weight excluding hydrogens is 287 g/mol. The lowest BCUT2D eigenvalue weighted by Gasteiger charge is -2.25. The van der Waals surface area contributed by atoms with Crippen LogP contribution in [-0.4, -0.2) is 23.2 Å². The van der Waals surface area contributed by atoms with Crippen molar-refractivity contribution in [1.82, 2.24) is 5.32 Å². The Kier molecular flexibility index (Phi) is 5.34. The molecule has 0 saturated carbocycles. The quantitative estimate of drug-likeness (QED) is 0.878. The van der Waals surface area contributed by atoms with Crippen LogP contribution in [0.5, 0.6) is 0 Å². The van der Waals surface area contributed by atoms with Crippen molar-refractivity contribution in [3.8, 4) is 0 Å². The van der Waals surface area contributed by atoms with Crippen molar-refractivity contribution < 1.29 is 27.9 Å². The SMILES string of the molecule is CCC(C)C(NC(=O)C(F)(F)F)c1cccc(C(=O)O)c1. The number of nitrogens with one attached hydrogen (secondary N) is 1. The van der Waals surface area contributed by atoms with Crippen molar-refractivity contribution in [3.05, 3.63) is 35.4 Å². The molecule has 0 bridgehead atoms. The molecule has 0 aliphatic carbocycles. The van der Waals surface area contributed by atoms with Crippen LogP contribution in [0.25, 0.3) is 0 Å². The molecule has 1 aromatic carbocycles. The van der Waals surface area contributed by atoms with E-state index in [1.54, 1.807) is 13.8 Å². The third-order valence-electron chi connectivity index (χ3n) is 3.25. The van der Waals surface area contributed by atoms with Crippen LogP contribution >= 0.6 is 0 Å². The van der Waals surface area contributed by atoms with Crippen molar-refractivity contribution in [2.45, 2.75) is 32.5 Å². The molecule has 7 heteroatoms. The lowest BCUT2D eigenvalue weighted by atomic mass is 9.91. The zero-order valence-electron chi connectivity index (χ0n) is 11.6. The predicted octanol–water partition coefficient (Wildman–Crippen LogP) is 3.15. The maximum Gasteiger partial charge on any atom is 0.471 e. The highest BCUT2D eigenvalue weighted by Gasteiger charge is 2.40. The second kappa shape index (κ2) is 6.60. The van der Waals surface area contributed by atoms with Gasteiger partial charge < -0.3 is 10.4 Å². The molecule has 0 radical (unpaired) electrons. The summed E-state index contributed by atoms with van der Waals surface area (Å²) in [7, 11) is 0. The van der Waals surface area contributed by atoms with E-state index in [1.807, 2.05) is 5.32 Å². The monoisotopic (exact) mass is 303 g/mol. The average Bonchev–Trinajstić information content (AvgIpc) is 2.42. The van der Waals surface area contributed by atoms with Gasteiger partial charge in [-0.05, 0) is 23.6 Å². The molecule has 0 aliphatic heterocycles. The van der Waals surface area contributed by atoms with Gasteiger partial charge in [0.25, 0.3) is 0 Å². The van der Waals surface area contributed by atoms with Gasteiger partial charge in [-0.3, -0.25) is 4.79 Å².